The summed E-state index contributed by atoms with van der Waals surface area (Å²) in [6.07, 6.45) is 0. The number of piperazine rings is 1. The Morgan fingerprint density at radius 1 is 1.21 bits per heavy atom. The number of hydrogen-bond acceptors (Lipinski definition) is 5. The van der Waals surface area contributed by atoms with Gasteiger partial charge in [-0.15, -0.1) is 5.10 Å². The largest absolute Gasteiger partial charge is 0.408 e. The maximum absolute atomic E-state index is 12.9. The van der Waals surface area contributed by atoms with Gasteiger partial charge in [-0.05, 0) is 38.0 Å². The van der Waals surface area contributed by atoms with Crippen molar-refractivity contribution in [2.75, 3.05) is 31.1 Å². The Morgan fingerprint density at radius 3 is 2.48 bits per heavy atom. The van der Waals surface area contributed by atoms with Crippen molar-refractivity contribution in [2.24, 2.45) is 0 Å². The van der Waals surface area contributed by atoms with E-state index >= 15 is 0 Å². The molecule has 1 aliphatic rings. The van der Waals surface area contributed by atoms with E-state index in [0.717, 1.165) is 16.7 Å². The Balaban J connectivity index is 1.60. The second kappa shape index (κ2) is 8.27. The number of aromatic nitrogens is 2. The summed E-state index contributed by atoms with van der Waals surface area (Å²) in [6, 6.07) is 8.62. The Bertz CT molecular complexity index is 879. The first-order chi connectivity index (χ1) is 13.7. The van der Waals surface area contributed by atoms with Gasteiger partial charge in [-0.3, -0.25) is 0 Å². The number of allylic oxidation sites excluding steroid dienone is 1. The van der Waals surface area contributed by atoms with Crippen molar-refractivity contribution in [3.8, 4) is 0 Å². The topological polar surface area (TPSA) is 74.5 Å². The number of hydrogen-bond donors (Lipinski definition) is 1. The number of benzene rings is 1. The third kappa shape index (κ3) is 4.78. The molecule has 7 nitrogen and oxygen atoms in total. The maximum Gasteiger partial charge on any atom is 0.318 e. The first-order valence-electron chi connectivity index (χ1n) is 10.1. The zero-order valence-electron chi connectivity index (χ0n) is 18.0. The number of urea groups is 1. The molecule has 2 amide bonds. The molecule has 0 saturated carbocycles. The number of nitrogens with one attached hydrogen (secondary N) is 1. The molecule has 1 fully saturated rings. The van der Waals surface area contributed by atoms with Crippen LogP contribution in [-0.4, -0.2) is 47.3 Å². The monoisotopic (exact) mass is 397 g/mol. The molecule has 1 aromatic heterocycles. The van der Waals surface area contributed by atoms with Gasteiger partial charge in [-0.1, -0.05) is 49.3 Å². The fraction of sp³-hybridized carbons (Fsp3) is 0.500. The number of carbonyl (C=O) groups excluding carboxylic acids is 1. The molecule has 1 aromatic carbocycles. The molecule has 3 rings (SSSR count). The van der Waals surface area contributed by atoms with Crippen LogP contribution in [0.15, 0.2) is 35.3 Å². The van der Waals surface area contributed by atoms with Gasteiger partial charge in [0.1, 0.15) is 0 Å². The zero-order chi connectivity index (χ0) is 21.2. The van der Waals surface area contributed by atoms with Gasteiger partial charge in [0.2, 0.25) is 5.89 Å². The summed E-state index contributed by atoms with van der Waals surface area (Å²) in [4.78, 5) is 16.7. The summed E-state index contributed by atoms with van der Waals surface area (Å²) < 4.78 is 5.73. The third-order valence-corrected chi connectivity index (χ3v) is 5.26. The molecule has 0 radical (unpaired) electrons. The molecule has 29 heavy (non-hydrogen) atoms. The van der Waals surface area contributed by atoms with Crippen molar-refractivity contribution in [1.82, 2.24) is 20.4 Å². The van der Waals surface area contributed by atoms with Gasteiger partial charge in [0.15, 0.2) is 0 Å². The van der Waals surface area contributed by atoms with Crippen LogP contribution in [0.3, 0.4) is 0 Å². The van der Waals surface area contributed by atoms with Crippen molar-refractivity contribution < 1.29 is 9.21 Å². The van der Waals surface area contributed by atoms with Crippen molar-refractivity contribution in [2.45, 2.75) is 46.1 Å². The summed E-state index contributed by atoms with van der Waals surface area (Å²) >= 11 is 0. The highest BCUT2D eigenvalue weighted by atomic mass is 16.4. The molecular formula is C22H31N5O2. The Morgan fingerprint density at radius 2 is 1.90 bits per heavy atom. The quantitative estimate of drug-likeness (QED) is 0.826. The van der Waals surface area contributed by atoms with Crippen molar-refractivity contribution >= 4 is 17.6 Å². The third-order valence-electron chi connectivity index (χ3n) is 5.26. The molecule has 0 spiro atoms. The zero-order valence-corrected chi connectivity index (χ0v) is 18.0. The number of rotatable bonds is 5. The SMILES string of the molecule is C=C(C)c1cccc(C(C)(C)NC(=O)N2CCN(c3nnc(C(C)C)o3)CC2)c1. The standard InChI is InChI=1S/C22H31N5O2/c1-15(2)17-8-7-9-18(14-17)22(5,6)23-20(28)26-10-12-27(13-11-26)21-25-24-19(29-21)16(3)4/h7-9,14,16H,1,10-13H2,2-6H3,(H,23,28). The van der Waals surface area contributed by atoms with E-state index < -0.39 is 5.54 Å². The fourth-order valence-electron chi connectivity index (χ4n) is 3.28. The molecule has 7 heteroatoms. The Labute approximate surface area is 172 Å². The van der Waals surface area contributed by atoms with Crippen LogP contribution >= 0.6 is 0 Å². The lowest BCUT2D eigenvalue weighted by atomic mass is 9.92. The van der Waals surface area contributed by atoms with Crippen LogP contribution in [0.2, 0.25) is 0 Å². The molecule has 1 N–H and O–H groups in total. The van der Waals surface area contributed by atoms with Gasteiger partial charge in [0.25, 0.3) is 0 Å². The Kier molecular flexibility index (Phi) is 5.96. The second-order valence-electron chi connectivity index (χ2n) is 8.47. The highest BCUT2D eigenvalue weighted by Gasteiger charge is 2.29. The van der Waals surface area contributed by atoms with E-state index in [2.05, 4.69) is 28.2 Å². The first-order valence-corrected chi connectivity index (χ1v) is 10.1. The van der Waals surface area contributed by atoms with Gasteiger partial charge in [-0.25, -0.2) is 4.79 Å². The van der Waals surface area contributed by atoms with Crippen LogP contribution in [0.25, 0.3) is 5.57 Å². The van der Waals surface area contributed by atoms with Crippen LogP contribution in [0.5, 0.6) is 0 Å². The van der Waals surface area contributed by atoms with Gasteiger partial charge < -0.3 is 19.5 Å². The number of nitrogens with zero attached hydrogens (tertiary/aromatic N) is 4. The highest BCUT2D eigenvalue weighted by Crippen LogP contribution is 2.24. The molecule has 156 valence electrons. The molecule has 0 bridgehead atoms. The van der Waals surface area contributed by atoms with Crippen LogP contribution < -0.4 is 10.2 Å². The van der Waals surface area contributed by atoms with E-state index in [9.17, 15) is 4.79 Å². The first kappa shape index (κ1) is 20.9. The van der Waals surface area contributed by atoms with Crippen molar-refractivity contribution in [1.29, 1.82) is 0 Å². The molecule has 0 unspecified atom stereocenters. The van der Waals surface area contributed by atoms with Crippen LogP contribution in [0.4, 0.5) is 10.8 Å². The average Bonchev–Trinajstić information content (AvgIpc) is 3.18. The van der Waals surface area contributed by atoms with E-state index in [4.69, 9.17) is 4.42 Å². The minimum atomic E-state index is -0.488. The number of amides is 2. The summed E-state index contributed by atoms with van der Waals surface area (Å²) in [5, 5.41) is 11.4. The molecule has 2 aromatic rings. The summed E-state index contributed by atoms with van der Waals surface area (Å²) in [5.74, 6) is 0.841. The number of anilines is 1. The lowest BCUT2D eigenvalue weighted by molar-refractivity contribution is 0.182. The van der Waals surface area contributed by atoms with Crippen LogP contribution in [0.1, 0.15) is 57.6 Å². The highest BCUT2D eigenvalue weighted by molar-refractivity contribution is 5.75. The molecule has 2 heterocycles. The molecule has 0 atom stereocenters. The molecule has 0 aliphatic carbocycles. The number of carbonyl (C=O) groups is 1. The van der Waals surface area contributed by atoms with Crippen LogP contribution in [0, 0.1) is 0 Å². The van der Waals surface area contributed by atoms with E-state index in [1.165, 1.54) is 0 Å². The second-order valence-corrected chi connectivity index (χ2v) is 8.47. The minimum absolute atomic E-state index is 0.0659. The lowest BCUT2D eigenvalue weighted by Crippen LogP contribution is -2.55. The van der Waals surface area contributed by atoms with E-state index in [1.54, 1.807) is 0 Å². The summed E-state index contributed by atoms with van der Waals surface area (Å²) in [7, 11) is 0. The normalized spacial score (nSPS) is 15.0. The van der Waals surface area contributed by atoms with Crippen molar-refractivity contribution in [3.63, 3.8) is 0 Å². The predicted octanol–water partition coefficient (Wildman–Crippen LogP) is 3.99. The molecule has 1 saturated heterocycles. The van der Waals surface area contributed by atoms with Crippen LogP contribution in [-0.2, 0) is 5.54 Å². The predicted molar refractivity (Wildman–Crippen MR) is 115 cm³/mol. The van der Waals surface area contributed by atoms with Gasteiger partial charge in [0.05, 0.1) is 5.54 Å². The van der Waals surface area contributed by atoms with E-state index in [0.29, 0.717) is 38.1 Å². The smallest absolute Gasteiger partial charge is 0.318 e. The van der Waals surface area contributed by atoms with Gasteiger partial charge in [0, 0.05) is 32.1 Å². The summed E-state index contributed by atoms with van der Waals surface area (Å²) in [5.41, 5.74) is 2.65. The van der Waals surface area contributed by atoms with E-state index in [1.807, 2.05) is 62.6 Å². The van der Waals surface area contributed by atoms with Gasteiger partial charge in [-0.2, -0.15) is 0 Å². The van der Waals surface area contributed by atoms with E-state index in [-0.39, 0.29) is 11.9 Å². The Hall–Kier alpha value is -2.83. The molecular weight excluding hydrogens is 366 g/mol. The average molecular weight is 398 g/mol. The fourth-order valence-corrected chi connectivity index (χ4v) is 3.28. The minimum Gasteiger partial charge on any atom is -0.408 e. The maximum atomic E-state index is 12.9. The lowest BCUT2D eigenvalue weighted by Gasteiger charge is -2.36. The molecule has 1 aliphatic heterocycles. The van der Waals surface area contributed by atoms with Gasteiger partial charge >= 0.3 is 12.0 Å². The summed E-state index contributed by atoms with van der Waals surface area (Å²) in [6.45, 7) is 16.6. The van der Waals surface area contributed by atoms with Crippen molar-refractivity contribution in [3.05, 3.63) is 47.9 Å².